The van der Waals surface area contributed by atoms with Gasteiger partial charge in [-0.3, -0.25) is 14.6 Å². The van der Waals surface area contributed by atoms with Crippen LogP contribution in [0.15, 0.2) is 72.9 Å². The topological polar surface area (TPSA) is 84.0 Å². The zero-order valence-electron chi connectivity index (χ0n) is 16.7. The van der Waals surface area contributed by atoms with Crippen molar-refractivity contribution in [1.29, 1.82) is 0 Å². The Balaban J connectivity index is 1.59. The van der Waals surface area contributed by atoms with Crippen molar-refractivity contribution in [3.63, 3.8) is 0 Å². The molecule has 0 saturated heterocycles. The van der Waals surface area contributed by atoms with Gasteiger partial charge in [0, 0.05) is 11.3 Å². The van der Waals surface area contributed by atoms with Gasteiger partial charge in [0.1, 0.15) is 11.5 Å². The molecule has 33 heavy (non-hydrogen) atoms. The minimum Gasteiger partial charge on any atom is -0.322 e. The molecule has 166 valence electrons. The molecule has 0 aliphatic carbocycles. The van der Waals surface area contributed by atoms with E-state index in [1.54, 1.807) is 24.3 Å². The van der Waals surface area contributed by atoms with Crippen molar-refractivity contribution < 1.29 is 27.2 Å². The number of rotatable bonds is 4. The first kappa shape index (κ1) is 21.9. The average molecular weight is 454 g/mol. The van der Waals surface area contributed by atoms with E-state index >= 15 is 0 Å². The van der Waals surface area contributed by atoms with Gasteiger partial charge in [0.2, 0.25) is 0 Å². The maximum Gasteiger partial charge on any atom is 0.418 e. The van der Waals surface area contributed by atoms with E-state index in [-0.39, 0.29) is 16.9 Å². The molecule has 0 aliphatic heterocycles. The summed E-state index contributed by atoms with van der Waals surface area (Å²) < 4.78 is 54.0. The minimum absolute atomic E-state index is 0.0669. The highest BCUT2D eigenvalue weighted by Gasteiger charge is 2.34. The van der Waals surface area contributed by atoms with E-state index in [0.717, 1.165) is 18.2 Å². The number of amides is 2. The predicted molar refractivity (Wildman–Crippen MR) is 113 cm³/mol. The van der Waals surface area contributed by atoms with Crippen LogP contribution < -0.4 is 10.6 Å². The molecular weight excluding hydrogens is 440 g/mol. The number of carbonyl (C=O) groups is 2. The minimum atomic E-state index is -4.83. The van der Waals surface area contributed by atoms with Crippen molar-refractivity contribution >= 4 is 34.2 Å². The number of benzene rings is 3. The average Bonchev–Trinajstić information content (AvgIpc) is 2.79. The molecule has 0 bridgehead atoms. The molecule has 0 unspecified atom stereocenters. The van der Waals surface area contributed by atoms with Crippen LogP contribution in [-0.4, -0.2) is 21.8 Å². The molecule has 0 radical (unpaired) electrons. The highest BCUT2D eigenvalue weighted by Crippen LogP contribution is 2.37. The number of halogens is 4. The third-order valence-electron chi connectivity index (χ3n) is 4.62. The molecule has 4 rings (SSSR count). The Bertz CT molecular complexity index is 1350. The lowest BCUT2D eigenvalue weighted by Crippen LogP contribution is -2.19. The lowest BCUT2D eigenvalue weighted by atomic mass is 10.1. The van der Waals surface area contributed by atoms with E-state index in [1.165, 1.54) is 24.4 Å². The summed E-state index contributed by atoms with van der Waals surface area (Å²) in [5.74, 6) is -2.14. The van der Waals surface area contributed by atoms with Crippen molar-refractivity contribution in [2.75, 3.05) is 10.6 Å². The maximum atomic E-state index is 13.7. The van der Waals surface area contributed by atoms with Crippen molar-refractivity contribution in [2.45, 2.75) is 6.18 Å². The zero-order valence-corrected chi connectivity index (χ0v) is 16.7. The Kier molecular flexibility index (Phi) is 5.74. The molecule has 0 atom stereocenters. The number of nitrogens with zero attached hydrogens (tertiary/aromatic N) is 2. The van der Waals surface area contributed by atoms with Crippen LogP contribution in [0.25, 0.3) is 11.0 Å². The molecule has 3 aromatic carbocycles. The molecule has 0 spiro atoms. The number of aromatic nitrogens is 2. The number of hydrogen-bond donors (Lipinski definition) is 2. The van der Waals surface area contributed by atoms with Crippen molar-refractivity contribution in [2.24, 2.45) is 0 Å². The van der Waals surface area contributed by atoms with E-state index in [4.69, 9.17) is 0 Å². The van der Waals surface area contributed by atoms with Crippen LogP contribution in [0.3, 0.4) is 0 Å². The van der Waals surface area contributed by atoms with Gasteiger partial charge in [-0.25, -0.2) is 9.37 Å². The van der Waals surface area contributed by atoms with Gasteiger partial charge in [-0.2, -0.15) is 13.2 Å². The van der Waals surface area contributed by atoms with Crippen LogP contribution in [0.2, 0.25) is 0 Å². The molecule has 1 aromatic heterocycles. The number of hydrogen-bond acceptors (Lipinski definition) is 4. The number of carbonyl (C=O) groups excluding carboxylic acids is 2. The Labute approximate surface area is 184 Å². The van der Waals surface area contributed by atoms with Crippen molar-refractivity contribution in [3.05, 3.63) is 95.6 Å². The molecule has 10 heteroatoms. The third-order valence-corrected chi connectivity index (χ3v) is 4.62. The summed E-state index contributed by atoms with van der Waals surface area (Å²) in [5.41, 5.74) is -0.969. The second kappa shape index (κ2) is 8.65. The van der Waals surface area contributed by atoms with E-state index < -0.39 is 35.1 Å². The number of alkyl halides is 3. The molecule has 0 aliphatic rings. The number of anilines is 2. The van der Waals surface area contributed by atoms with Crippen LogP contribution in [-0.2, 0) is 6.18 Å². The van der Waals surface area contributed by atoms with Gasteiger partial charge in [0.25, 0.3) is 11.8 Å². The Hall–Kier alpha value is -4.34. The summed E-state index contributed by atoms with van der Waals surface area (Å²) in [7, 11) is 0. The summed E-state index contributed by atoms with van der Waals surface area (Å²) in [6.45, 7) is 0. The highest BCUT2D eigenvalue weighted by atomic mass is 19.4. The summed E-state index contributed by atoms with van der Waals surface area (Å²) in [6, 6.07) is 14.2. The second-order valence-electron chi connectivity index (χ2n) is 6.92. The molecule has 1 heterocycles. The first-order chi connectivity index (χ1) is 15.7. The molecule has 0 fully saturated rings. The fourth-order valence-electron chi connectivity index (χ4n) is 3.02. The molecule has 2 amide bonds. The second-order valence-corrected chi connectivity index (χ2v) is 6.92. The van der Waals surface area contributed by atoms with E-state index in [2.05, 4.69) is 20.6 Å². The summed E-state index contributed by atoms with van der Waals surface area (Å²) >= 11 is 0. The Morgan fingerprint density at radius 1 is 0.818 bits per heavy atom. The number of nitrogens with one attached hydrogen (secondary N) is 2. The third kappa shape index (κ3) is 4.95. The van der Waals surface area contributed by atoms with Crippen LogP contribution in [0.5, 0.6) is 0 Å². The summed E-state index contributed by atoms with van der Waals surface area (Å²) in [6.07, 6.45) is -3.66. The lowest BCUT2D eigenvalue weighted by Gasteiger charge is -2.16. The molecular formula is C23H14F4N4O2. The summed E-state index contributed by atoms with van der Waals surface area (Å²) in [5, 5.41) is 4.53. The van der Waals surface area contributed by atoms with Gasteiger partial charge in [0.15, 0.2) is 0 Å². The Morgan fingerprint density at radius 2 is 1.52 bits per heavy atom. The Morgan fingerprint density at radius 3 is 2.21 bits per heavy atom. The quantitative estimate of drug-likeness (QED) is 0.411. The molecule has 2 N–H and O–H groups in total. The predicted octanol–water partition coefficient (Wildman–Crippen LogP) is 5.29. The van der Waals surface area contributed by atoms with Gasteiger partial charge < -0.3 is 10.6 Å². The highest BCUT2D eigenvalue weighted by molar-refractivity contribution is 6.06. The van der Waals surface area contributed by atoms with Gasteiger partial charge in [0.05, 0.1) is 28.5 Å². The SMILES string of the molecule is O=C(Nc1ccc(NC(=O)c2cnc3ccccc3n2)c(C(F)(F)F)c1)c1ccc(F)cc1. The molecule has 4 aromatic rings. The molecule has 6 nitrogen and oxygen atoms in total. The van der Waals surface area contributed by atoms with Crippen molar-refractivity contribution in [3.8, 4) is 0 Å². The standard InChI is InChI=1S/C23H14F4N4O2/c24-14-7-5-13(6-8-14)21(32)29-15-9-10-17(16(11-15)23(25,26)27)31-22(33)20-12-28-18-3-1-2-4-19(18)30-20/h1-12H,(H,29,32)(H,31,33). The normalized spacial score (nSPS) is 11.3. The summed E-state index contributed by atoms with van der Waals surface area (Å²) in [4.78, 5) is 33.0. The van der Waals surface area contributed by atoms with Crippen LogP contribution >= 0.6 is 0 Å². The first-order valence-corrected chi connectivity index (χ1v) is 9.52. The van der Waals surface area contributed by atoms with E-state index in [0.29, 0.717) is 17.1 Å². The first-order valence-electron chi connectivity index (χ1n) is 9.52. The van der Waals surface area contributed by atoms with Gasteiger partial charge in [-0.05, 0) is 54.6 Å². The van der Waals surface area contributed by atoms with Gasteiger partial charge >= 0.3 is 6.18 Å². The smallest absolute Gasteiger partial charge is 0.322 e. The number of fused-ring (bicyclic) bond motifs is 1. The van der Waals surface area contributed by atoms with E-state index in [1.807, 2.05) is 0 Å². The van der Waals surface area contributed by atoms with Gasteiger partial charge in [-0.15, -0.1) is 0 Å². The van der Waals surface area contributed by atoms with Crippen LogP contribution in [0, 0.1) is 5.82 Å². The zero-order chi connectivity index (χ0) is 23.6. The lowest BCUT2D eigenvalue weighted by molar-refractivity contribution is -0.136. The van der Waals surface area contributed by atoms with Crippen LogP contribution in [0.1, 0.15) is 26.4 Å². The van der Waals surface area contributed by atoms with Crippen molar-refractivity contribution in [1.82, 2.24) is 9.97 Å². The van der Waals surface area contributed by atoms with E-state index in [9.17, 15) is 27.2 Å². The fraction of sp³-hybridized carbons (Fsp3) is 0.0435. The maximum absolute atomic E-state index is 13.7. The number of para-hydroxylation sites is 2. The monoisotopic (exact) mass is 454 g/mol. The molecule has 0 saturated carbocycles. The largest absolute Gasteiger partial charge is 0.418 e. The fourth-order valence-corrected chi connectivity index (χ4v) is 3.02. The van der Waals surface area contributed by atoms with Crippen LogP contribution in [0.4, 0.5) is 28.9 Å². The van der Waals surface area contributed by atoms with Gasteiger partial charge in [-0.1, -0.05) is 12.1 Å².